The number of hydrogen-bond acceptors (Lipinski definition) is 4. The van der Waals surface area contributed by atoms with Crippen LogP contribution in [0.15, 0.2) is 48.5 Å². The number of benzene rings is 2. The third kappa shape index (κ3) is 4.61. The highest BCUT2D eigenvalue weighted by Gasteiger charge is 2.35. The van der Waals surface area contributed by atoms with Crippen LogP contribution in [0.2, 0.25) is 5.02 Å². The van der Waals surface area contributed by atoms with Crippen molar-refractivity contribution in [2.24, 2.45) is 5.92 Å². The minimum atomic E-state index is -0.551. The van der Waals surface area contributed by atoms with Crippen molar-refractivity contribution in [3.8, 4) is 5.75 Å². The van der Waals surface area contributed by atoms with Gasteiger partial charge in [-0.25, -0.2) is 0 Å². The first-order valence-corrected chi connectivity index (χ1v) is 9.24. The van der Waals surface area contributed by atoms with Crippen molar-refractivity contribution in [2.75, 3.05) is 18.1 Å². The lowest BCUT2D eigenvalue weighted by atomic mass is 10.1. The highest BCUT2D eigenvalue weighted by atomic mass is 35.5. The first-order valence-electron chi connectivity index (χ1n) is 8.87. The van der Waals surface area contributed by atoms with E-state index in [1.165, 1.54) is 0 Å². The fourth-order valence-corrected chi connectivity index (χ4v) is 3.04. The van der Waals surface area contributed by atoms with Gasteiger partial charge >= 0.3 is 0 Å². The number of ether oxygens (including phenoxy) is 1. The van der Waals surface area contributed by atoms with Crippen LogP contribution in [-0.2, 0) is 9.59 Å². The average Bonchev–Trinajstić information content (AvgIpc) is 3.09. The summed E-state index contributed by atoms with van der Waals surface area (Å²) in [4.78, 5) is 38.3. The molecule has 2 aromatic carbocycles. The summed E-state index contributed by atoms with van der Waals surface area (Å²) in [7, 11) is 0. The molecule has 2 N–H and O–H groups in total. The molecule has 3 rings (SSSR count). The summed E-state index contributed by atoms with van der Waals surface area (Å²) < 4.78 is 5.39. The Kier molecular flexibility index (Phi) is 6.16. The number of amides is 3. The normalized spacial score (nSPS) is 16.0. The summed E-state index contributed by atoms with van der Waals surface area (Å²) in [6.45, 7) is 2.70. The summed E-state index contributed by atoms with van der Waals surface area (Å²) in [5, 5.41) is 0.513. The highest BCUT2D eigenvalue weighted by molar-refractivity contribution is 6.30. The van der Waals surface area contributed by atoms with Crippen LogP contribution in [0.4, 0.5) is 5.69 Å². The molecule has 146 valence electrons. The molecule has 1 atom stereocenters. The summed E-state index contributed by atoms with van der Waals surface area (Å²) in [5.74, 6) is -0.850. The molecule has 8 heteroatoms. The van der Waals surface area contributed by atoms with Crippen LogP contribution in [0.1, 0.15) is 23.7 Å². The van der Waals surface area contributed by atoms with Gasteiger partial charge in [-0.05, 0) is 55.5 Å². The van der Waals surface area contributed by atoms with E-state index in [1.807, 2.05) is 6.92 Å². The molecule has 1 heterocycles. The van der Waals surface area contributed by atoms with E-state index in [0.29, 0.717) is 22.9 Å². The maximum absolute atomic E-state index is 12.4. The Labute approximate surface area is 167 Å². The van der Waals surface area contributed by atoms with E-state index in [2.05, 4.69) is 10.9 Å². The van der Waals surface area contributed by atoms with Crippen LogP contribution in [0.5, 0.6) is 5.75 Å². The molecule has 28 heavy (non-hydrogen) atoms. The van der Waals surface area contributed by atoms with Crippen molar-refractivity contribution < 1.29 is 19.1 Å². The lowest BCUT2D eigenvalue weighted by Gasteiger charge is -2.17. The van der Waals surface area contributed by atoms with E-state index in [4.69, 9.17) is 16.3 Å². The first-order chi connectivity index (χ1) is 13.5. The molecule has 1 saturated heterocycles. The molecule has 0 radical (unpaired) electrons. The van der Waals surface area contributed by atoms with Crippen molar-refractivity contribution in [1.82, 2.24) is 10.9 Å². The second kappa shape index (κ2) is 8.75. The van der Waals surface area contributed by atoms with Gasteiger partial charge in [-0.2, -0.15) is 0 Å². The van der Waals surface area contributed by atoms with E-state index in [1.54, 1.807) is 53.4 Å². The number of rotatable bonds is 5. The molecule has 1 fully saturated rings. The Morgan fingerprint density at radius 1 is 1.11 bits per heavy atom. The van der Waals surface area contributed by atoms with Crippen LogP contribution >= 0.6 is 11.6 Å². The van der Waals surface area contributed by atoms with E-state index < -0.39 is 17.7 Å². The third-order valence-electron chi connectivity index (χ3n) is 4.36. The molecule has 0 spiro atoms. The van der Waals surface area contributed by atoms with Crippen LogP contribution in [0.3, 0.4) is 0 Å². The summed E-state index contributed by atoms with van der Waals surface area (Å²) in [6, 6.07) is 13.4. The SMILES string of the molecule is CCOc1ccc(N2C[C@H](C(=O)NNC(=O)c3ccc(Cl)cc3)CC2=O)cc1. The van der Waals surface area contributed by atoms with Crippen molar-refractivity contribution in [3.63, 3.8) is 0 Å². The molecule has 0 unspecified atom stereocenters. The molecule has 3 amide bonds. The number of hydrogen-bond donors (Lipinski definition) is 2. The van der Waals surface area contributed by atoms with Crippen molar-refractivity contribution in [2.45, 2.75) is 13.3 Å². The monoisotopic (exact) mass is 401 g/mol. The summed E-state index contributed by atoms with van der Waals surface area (Å²) in [5.41, 5.74) is 5.81. The van der Waals surface area contributed by atoms with E-state index in [-0.39, 0.29) is 18.9 Å². The van der Waals surface area contributed by atoms with Crippen LogP contribution < -0.4 is 20.5 Å². The van der Waals surface area contributed by atoms with Crippen molar-refractivity contribution in [3.05, 3.63) is 59.1 Å². The predicted octanol–water partition coefficient (Wildman–Crippen LogP) is 2.55. The maximum Gasteiger partial charge on any atom is 0.269 e. The zero-order valence-corrected chi connectivity index (χ0v) is 16.0. The lowest BCUT2D eigenvalue weighted by Crippen LogP contribution is -2.45. The zero-order valence-electron chi connectivity index (χ0n) is 15.3. The van der Waals surface area contributed by atoms with Gasteiger partial charge in [0.05, 0.1) is 12.5 Å². The molecular formula is C20H20ClN3O4. The summed E-state index contributed by atoms with van der Waals surface area (Å²) >= 11 is 5.79. The Balaban J connectivity index is 1.56. The maximum atomic E-state index is 12.4. The number of carbonyl (C=O) groups excluding carboxylic acids is 3. The predicted molar refractivity (Wildman–Crippen MR) is 105 cm³/mol. The molecule has 1 aliphatic heterocycles. The van der Waals surface area contributed by atoms with Gasteiger partial charge in [0.2, 0.25) is 11.8 Å². The topological polar surface area (TPSA) is 87.7 Å². The van der Waals surface area contributed by atoms with E-state index in [0.717, 1.165) is 5.75 Å². The van der Waals surface area contributed by atoms with E-state index in [9.17, 15) is 14.4 Å². The van der Waals surface area contributed by atoms with E-state index >= 15 is 0 Å². The zero-order chi connectivity index (χ0) is 20.1. The van der Waals surface area contributed by atoms with Gasteiger partial charge in [0, 0.05) is 29.2 Å². The Hall–Kier alpha value is -3.06. The molecule has 0 saturated carbocycles. The van der Waals surface area contributed by atoms with Crippen molar-refractivity contribution in [1.29, 1.82) is 0 Å². The third-order valence-corrected chi connectivity index (χ3v) is 4.61. The smallest absolute Gasteiger partial charge is 0.269 e. The quantitative estimate of drug-likeness (QED) is 0.754. The molecule has 0 aliphatic carbocycles. The number of anilines is 1. The van der Waals surface area contributed by atoms with Gasteiger partial charge in [-0.1, -0.05) is 11.6 Å². The first kappa shape index (κ1) is 19.7. The Bertz CT molecular complexity index is 868. The van der Waals surface area contributed by atoms with Gasteiger partial charge in [-0.15, -0.1) is 0 Å². The van der Waals surface area contributed by atoms with Crippen molar-refractivity contribution >= 4 is 35.0 Å². The number of nitrogens with zero attached hydrogens (tertiary/aromatic N) is 1. The molecule has 1 aliphatic rings. The highest BCUT2D eigenvalue weighted by Crippen LogP contribution is 2.27. The van der Waals surface area contributed by atoms with Gasteiger partial charge in [-0.3, -0.25) is 25.2 Å². The van der Waals surface area contributed by atoms with Gasteiger partial charge in [0.25, 0.3) is 5.91 Å². The van der Waals surface area contributed by atoms with Gasteiger partial charge < -0.3 is 9.64 Å². The van der Waals surface area contributed by atoms with Gasteiger partial charge in [0.1, 0.15) is 5.75 Å². The summed E-state index contributed by atoms with van der Waals surface area (Å²) in [6.07, 6.45) is 0.0792. The number of nitrogens with one attached hydrogen (secondary N) is 2. The fourth-order valence-electron chi connectivity index (χ4n) is 2.92. The molecule has 0 bridgehead atoms. The molecule has 0 aromatic heterocycles. The Morgan fingerprint density at radius 2 is 1.79 bits per heavy atom. The van der Waals surface area contributed by atoms with Gasteiger partial charge in [0.15, 0.2) is 0 Å². The number of halogens is 1. The second-order valence-corrected chi connectivity index (χ2v) is 6.72. The lowest BCUT2D eigenvalue weighted by molar-refractivity contribution is -0.126. The van der Waals surface area contributed by atoms with Crippen LogP contribution in [0.25, 0.3) is 0 Å². The molecular weight excluding hydrogens is 382 g/mol. The minimum Gasteiger partial charge on any atom is -0.494 e. The van der Waals surface area contributed by atoms with Crippen LogP contribution in [-0.4, -0.2) is 30.9 Å². The standard InChI is InChI=1S/C20H20ClN3O4/c1-2-28-17-9-7-16(8-10-17)24-12-14(11-18(24)25)20(27)23-22-19(26)13-3-5-15(21)6-4-13/h3-10,14H,2,11-12H2,1H3,(H,22,26)(H,23,27)/t14-/m1/s1. The largest absolute Gasteiger partial charge is 0.494 e. The number of hydrazine groups is 1. The molecule has 7 nitrogen and oxygen atoms in total. The number of carbonyl (C=O) groups is 3. The minimum absolute atomic E-state index is 0.0792. The second-order valence-electron chi connectivity index (χ2n) is 6.28. The van der Waals surface area contributed by atoms with Crippen LogP contribution in [0, 0.1) is 5.92 Å². The Morgan fingerprint density at radius 3 is 2.43 bits per heavy atom. The average molecular weight is 402 g/mol. The fraction of sp³-hybridized carbons (Fsp3) is 0.250. The molecule has 2 aromatic rings.